The van der Waals surface area contributed by atoms with Crippen molar-refractivity contribution in [3.8, 4) is 12.3 Å². The molecular weight excluding hydrogens is 230 g/mol. The summed E-state index contributed by atoms with van der Waals surface area (Å²) in [5.74, 6) is 4.19. The Hall–Kier alpha value is -1.38. The first-order chi connectivity index (χ1) is 8.52. The number of aromatic nitrogens is 2. The van der Waals surface area contributed by atoms with Gasteiger partial charge in [0.15, 0.2) is 5.82 Å². The summed E-state index contributed by atoms with van der Waals surface area (Å²) in [5, 5.41) is 3.92. The Morgan fingerprint density at radius 1 is 1.44 bits per heavy atom. The normalized spacial score (nSPS) is 12.9. The van der Waals surface area contributed by atoms with E-state index in [1.165, 1.54) is 0 Å². The fourth-order valence-electron chi connectivity index (χ4n) is 1.35. The molecule has 1 aromatic heterocycles. The highest BCUT2D eigenvalue weighted by molar-refractivity contribution is 4.92. The van der Waals surface area contributed by atoms with Crippen LogP contribution in [0.4, 0.5) is 0 Å². The molecule has 0 saturated carbocycles. The summed E-state index contributed by atoms with van der Waals surface area (Å²) in [6, 6.07) is 0. The van der Waals surface area contributed by atoms with E-state index in [4.69, 9.17) is 15.7 Å². The summed E-state index contributed by atoms with van der Waals surface area (Å²) in [4.78, 5) is 6.22. The van der Waals surface area contributed by atoms with Crippen molar-refractivity contribution in [2.75, 3.05) is 20.2 Å². The second-order valence-electron chi connectivity index (χ2n) is 4.79. The molecule has 5 nitrogen and oxygen atoms in total. The molecule has 0 aliphatic heterocycles. The van der Waals surface area contributed by atoms with Crippen molar-refractivity contribution in [3.05, 3.63) is 11.7 Å². The van der Waals surface area contributed by atoms with Gasteiger partial charge in [0.25, 0.3) is 0 Å². The van der Waals surface area contributed by atoms with Crippen molar-refractivity contribution < 1.29 is 9.26 Å². The maximum atomic E-state index is 5.62. The number of terminal acetylenes is 1. The minimum atomic E-state index is -0.150. The molecule has 18 heavy (non-hydrogen) atoms. The van der Waals surface area contributed by atoms with Crippen LogP contribution in [0.5, 0.6) is 0 Å². The summed E-state index contributed by atoms with van der Waals surface area (Å²) in [7, 11) is 1.91. The minimum absolute atomic E-state index is 0.150. The topological polar surface area (TPSA) is 51.4 Å². The number of hydrogen-bond acceptors (Lipinski definition) is 5. The van der Waals surface area contributed by atoms with E-state index < -0.39 is 0 Å². The smallest absolute Gasteiger partial charge is 0.240 e. The van der Waals surface area contributed by atoms with Crippen LogP contribution in [-0.4, -0.2) is 35.2 Å². The Bertz CT molecular complexity index is 395. The molecule has 0 aliphatic rings. The van der Waals surface area contributed by atoms with Gasteiger partial charge >= 0.3 is 0 Å². The second kappa shape index (κ2) is 7.14. The van der Waals surface area contributed by atoms with Crippen LogP contribution in [0.2, 0.25) is 0 Å². The first-order valence-electron chi connectivity index (χ1n) is 6.09. The lowest BCUT2D eigenvalue weighted by Crippen LogP contribution is -2.18. The predicted octanol–water partition coefficient (Wildman–Crippen LogP) is 1.87. The molecule has 1 aromatic rings. The van der Waals surface area contributed by atoms with Crippen molar-refractivity contribution in [2.45, 2.75) is 33.4 Å². The molecule has 1 rings (SSSR count). The molecule has 1 atom stereocenters. The summed E-state index contributed by atoms with van der Waals surface area (Å²) in [6.45, 7) is 7.90. The van der Waals surface area contributed by atoms with Gasteiger partial charge in [0, 0.05) is 6.61 Å². The Morgan fingerprint density at radius 3 is 2.78 bits per heavy atom. The van der Waals surface area contributed by atoms with Gasteiger partial charge in [-0.05, 0) is 19.9 Å². The van der Waals surface area contributed by atoms with Crippen molar-refractivity contribution >= 4 is 0 Å². The molecular formula is C13H21N3O2. The van der Waals surface area contributed by atoms with Crippen LogP contribution in [0.3, 0.4) is 0 Å². The molecule has 0 saturated heterocycles. The van der Waals surface area contributed by atoms with E-state index in [1.54, 1.807) is 0 Å². The van der Waals surface area contributed by atoms with Gasteiger partial charge < -0.3 is 9.26 Å². The molecule has 0 bridgehead atoms. The molecule has 0 fully saturated rings. The molecule has 0 N–H and O–H groups in total. The average Bonchev–Trinajstić information content (AvgIpc) is 2.74. The monoisotopic (exact) mass is 251 g/mol. The third-order valence-electron chi connectivity index (χ3n) is 2.29. The molecule has 0 radical (unpaired) electrons. The van der Waals surface area contributed by atoms with Gasteiger partial charge in [-0.2, -0.15) is 4.98 Å². The van der Waals surface area contributed by atoms with Gasteiger partial charge in [0.2, 0.25) is 5.89 Å². The number of rotatable bonds is 7. The van der Waals surface area contributed by atoms with Crippen LogP contribution in [0.15, 0.2) is 4.52 Å². The van der Waals surface area contributed by atoms with Crippen LogP contribution in [0.1, 0.15) is 38.6 Å². The quantitative estimate of drug-likeness (QED) is 0.692. The molecule has 100 valence electrons. The van der Waals surface area contributed by atoms with Gasteiger partial charge in [0.1, 0.15) is 6.10 Å². The van der Waals surface area contributed by atoms with Crippen LogP contribution in [0.25, 0.3) is 0 Å². The van der Waals surface area contributed by atoms with Crippen LogP contribution in [0, 0.1) is 18.3 Å². The molecule has 0 aliphatic carbocycles. The zero-order valence-corrected chi connectivity index (χ0v) is 11.5. The zero-order chi connectivity index (χ0) is 13.5. The van der Waals surface area contributed by atoms with E-state index >= 15 is 0 Å². The van der Waals surface area contributed by atoms with E-state index in [9.17, 15) is 0 Å². The largest absolute Gasteiger partial charge is 0.370 e. The van der Waals surface area contributed by atoms with Gasteiger partial charge in [-0.15, -0.1) is 6.42 Å². The van der Waals surface area contributed by atoms with Gasteiger partial charge in [-0.25, -0.2) is 0 Å². The van der Waals surface area contributed by atoms with E-state index in [0.717, 1.165) is 0 Å². The Labute approximate surface area is 109 Å². The zero-order valence-electron chi connectivity index (χ0n) is 11.5. The van der Waals surface area contributed by atoms with Crippen molar-refractivity contribution in [3.63, 3.8) is 0 Å². The summed E-state index contributed by atoms with van der Waals surface area (Å²) >= 11 is 0. The van der Waals surface area contributed by atoms with Crippen molar-refractivity contribution in [1.82, 2.24) is 15.0 Å². The highest BCUT2D eigenvalue weighted by Crippen LogP contribution is 2.14. The molecule has 5 heteroatoms. The third-order valence-corrected chi connectivity index (χ3v) is 2.29. The summed E-state index contributed by atoms with van der Waals surface area (Å²) < 4.78 is 10.8. The third kappa shape index (κ3) is 4.86. The minimum Gasteiger partial charge on any atom is -0.370 e. The molecule has 0 amide bonds. The van der Waals surface area contributed by atoms with Gasteiger partial charge in [0.05, 0.1) is 13.1 Å². The second-order valence-corrected chi connectivity index (χ2v) is 4.79. The molecule has 0 spiro atoms. The number of nitrogens with zero attached hydrogens (tertiary/aromatic N) is 3. The summed E-state index contributed by atoms with van der Waals surface area (Å²) in [5.41, 5.74) is 0. The lowest BCUT2D eigenvalue weighted by Gasteiger charge is -2.11. The molecule has 0 aromatic carbocycles. The van der Waals surface area contributed by atoms with Crippen molar-refractivity contribution in [2.24, 2.45) is 5.92 Å². The highest BCUT2D eigenvalue weighted by Gasteiger charge is 2.15. The highest BCUT2D eigenvalue weighted by atomic mass is 16.5. The Balaban J connectivity index is 2.49. The fourth-order valence-corrected chi connectivity index (χ4v) is 1.35. The van der Waals surface area contributed by atoms with Crippen molar-refractivity contribution in [1.29, 1.82) is 0 Å². The van der Waals surface area contributed by atoms with E-state index in [1.807, 2.05) is 18.9 Å². The molecule has 0 unspecified atom stereocenters. The predicted molar refractivity (Wildman–Crippen MR) is 68.7 cm³/mol. The van der Waals surface area contributed by atoms with Gasteiger partial charge in [-0.1, -0.05) is 24.9 Å². The number of ether oxygens (including phenoxy) is 1. The van der Waals surface area contributed by atoms with E-state index in [0.29, 0.717) is 37.3 Å². The van der Waals surface area contributed by atoms with Crippen LogP contribution in [-0.2, 0) is 11.3 Å². The first-order valence-corrected chi connectivity index (χ1v) is 6.09. The molecule has 1 heterocycles. The fraction of sp³-hybridized carbons (Fsp3) is 0.692. The SMILES string of the molecule is C#CCN(C)Cc1nc([C@H](C)OCC(C)C)no1. The maximum Gasteiger partial charge on any atom is 0.240 e. The van der Waals surface area contributed by atoms with Crippen LogP contribution >= 0.6 is 0 Å². The standard InChI is InChI=1S/C13H21N3O2/c1-6-7-16(5)8-12-14-13(15-18-12)11(4)17-9-10(2)3/h1,10-11H,7-9H2,2-5H3/t11-/m0/s1. The van der Waals surface area contributed by atoms with Gasteiger partial charge in [-0.3, -0.25) is 4.90 Å². The lowest BCUT2D eigenvalue weighted by atomic mass is 10.2. The first kappa shape index (κ1) is 14.7. The lowest BCUT2D eigenvalue weighted by molar-refractivity contribution is 0.0402. The Morgan fingerprint density at radius 2 is 2.17 bits per heavy atom. The number of hydrogen-bond donors (Lipinski definition) is 0. The summed E-state index contributed by atoms with van der Waals surface area (Å²) in [6.07, 6.45) is 5.08. The Kier molecular flexibility index (Phi) is 5.83. The van der Waals surface area contributed by atoms with Crippen LogP contribution < -0.4 is 0 Å². The average molecular weight is 251 g/mol. The van der Waals surface area contributed by atoms with E-state index in [2.05, 4.69) is 29.9 Å². The van der Waals surface area contributed by atoms with E-state index in [-0.39, 0.29) is 6.10 Å². The maximum absolute atomic E-state index is 5.62.